The number of piperidine rings is 2. The number of rotatable bonds is 5. The van der Waals surface area contributed by atoms with Crippen LogP contribution < -0.4 is 0 Å². The van der Waals surface area contributed by atoms with Crippen LogP contribution in [-0.2, 0) is 14.8 Å². The molecule has 2 saturated heterocycles. The molecule has 0 unspecified atom stereocenters. The average Bonchev–Trinajstić information content (AvgIpc) is 3.42. The van der Waals surface area contributed by atoms with Gasteiger partial charge in [0, 0.05) is 37.0 Å². The van der Waals surface area contributed by atoms with Crippen LogP contribution in [0.3, 0.4) is 0 Å². The van der Waals surface area contributed by atoms with Crippen LogP contribution >= 0.6 is 11.3 Å². The fourth-order valence-electron chi connectivity index (χ4n) is 4.30. The molecule has 2 aromatic rings. The van der Waals surface area contributed by atoms with E-state index in [0.717, 1.165) is 30.8 Å². The zero-order valence-corrected chi connectivity index (χ0v) is 19.6. The second-order valence-electron chi connectivity index (χ2n) is 8.50. The molecule has 0 bridgehead atoms. The van der Waals surface area contributed by atoms with Crippen molar-refractivity contribution in [3.63, 3.8) is 0 Å². The van der Waals surface area contributed by atoms with Gasteiger partial charge in [-0.1, -0.05) is 18.1 Å². The minimum Gasteiger partial charge on any atom is -0.355 e. The number of aryl methyl sites for hydroxylation is 1. The van der Waals surface area contributed by atoms with Gasteiger partial charge in [0.25, 0.3) is 0 Å². The zero-order chi connectivity index (χ0) is 22.0. The number of likely N-dealkylation sites (tertiary alicyclic amines) is 1. The fraction of sp³-hybridized carbons (Fsp3) is 0.545. The molecule has 0 aromatic carbocycles. The molecule has 0 spiro atoms. The van der Waals surface area contributed by atoms with Crippen LogP contribution in [0.15, 0.2) is 26.9 Å². The standard InChI is InChI=1S/C22H29N3O4S2/c1-16-7-11-24(12-8-16)22(26)18-9-13-25(14-10-18)31(27,28)21-17(2)23-29-20(21)6-5-19-4-3-15-30-19/h3-6,15-16,18H,7-14H2,1-2H3. The minimum atomic E-state index is -3.75. The lowest BCUT2D eigenvalue weighted by atomic mass is 9.93. The van der Waals surface area contributed by atoms with Crippen molar-refractivity contribution in [1.82, 2.24) is 14.4 Å². The summed E-state index contributed by atoms with van der Waals surface area (Å²) >= 11 is 1.56. The lowest BCUT2D eigenvalue weighted by Gasteiger charge is -2.36. The highest BCUT2D eigenvalue weighted by Gasteiger charge is 2.37. The van der Waals surface area contributed by atoms with E-state index >= 15 is 0 Å². The molecule has 0 radical (unpaired) electrons. The maximum absolute atomic E-state index is 13.4. The quantitative estimate of drug-likeness (QED) is 0.672. The zero-order valence-electron chi connectivity index (χ0n) is 18.0. The summed E-state index contributed by atoms with van der Waals surface area (Å²) in [6.45, 7) is 6.17. The number of thiophene rings is 1. The fourth-order valence-corrected chi connectivity index (χ4v) is 6.64. The summed E-state index contributed by atoms with van der Waals surface area (Å²) in [5, 5.41) is 5.86. The van der Waals surface area contributed by atoms with E-state index in [-0.39, 0.29) is 22.5 Å². The molecule has 7 nitrogen and oxygen atoms in total. The van der Waals surface area contributed by atoms with Gasteiger partial charge in [-0.15, -0.1) is 11.3 Å². The summed E-state index contributed by atoms with van der Waals surface area (Å²) < 4.78 is 33.5. The van der Waals surface area contributed by atoms with Crippen molar-refractivity contribution in [3.05, 3.63) is 33.8 Å². The van der Waals surface area contributed by atoms with Gasteiger partial charge in [0.2, 0.25) is 15.9 Å². The highest BCUT2D eigenvalue weighted by Crippen LogP contribution is 2.30. The highest BCUT2D eigenvalue weighted by molar-refractivity contribution is 7.89. The van der Waals surface area contributed by atoms with E-state index in [4.69, 9.17) is 4.52 Å². The Bertz CT molecular complexity index is 1030. The first-order valence-electron chi connectivity index (χ1n) is 10.8. The van der Waals surface area contributed by atoms with E-state index in [9.17, 15) is 13.2 Å². The molecule has 1 amide bonds. The molecule has 4 heterocycles. The van der Waals surface area contributed by atoms with Crippen molar-refractivity contribution in [1.29, 1.82) is 0 Å². The van der Waals surface area contributed by atoms with E-state index in [0.29, 0.717) is 37.5 Å². The molecule has 0 atom stereocenters. The van der Waals surface area contributed by atoms with Gasteiger partial charge >= 0.3 is 0 Å². The molecule has 31 heavy (non-hydrogen) atoms. The normalized spacial score (nSPS) is 20.0. The Kier molecular flexibility index (Phi) is 6.64. The molecule has 0 aliphatic carbocycles. The molecule has 0 N–H and O–H groups in total. The van der Waals surface area contributed by atoms with Crippen molar-refractivity contribution in [2.24, 2.45) is 11.8 Å². The molecular weight excluding hydrogens is 434 g/mol. The lowest BCUT2D eigenvalue weighted by molar-refractivity contribution is -0.138. The van der Waals surface area contributed by atoms with Crippen molar-refractivity contribution < 1.29 is 17.7 Å². The summed E-state index contributed by atoms with van der Waals surface area (Å²) in [4.78, 5) is 16.0. The lowest BCUT2D eigenvalue weighted by Crippen LogP contribution is -2.46. The SMILES string of the molecule is Cc1noc(C=Cc2cccs2)c1S(=O)(=O)N1CCC(C(=O)N2CCC(C)CC2)CC1. The minimum absolute atomic E-state index is 0.0957. The number of hydrogen-bond acceptors (Lipinski definition) is 6. The maximum atomic E-state index is 13.4. The van der Waals surface area contributed by atoms with Crippen molar-refractivity contribution in [2.45, 2.75) is 44.4 Å². The Labute approximate surface area is 187 Å². The third-order valence-corrected chi connectivity index (χ3v) is 9.17. The number of aromatic nitrogens is 1. The van der Waals surface area contributed by atoms with E-state index in [1.165, 1.54) is 4.31 Å². The largest absolute Gasteiger partial charge is 0.355 e. The number of hydrogen-bond donors (Lipinski definition) is 0. The van der Waals surface area contributed by atoms with Gasteiger partial charge in [0.05, 0.1) is 0 Å². The Morgan fingerprint density at radius 1 is 1.16 bits per heavy atom. The van der Waals surface area contributed by atoms with Crippen LogP contribution in [0.1, 0.15) is 48.9 Å². The van der Waals surface area contributed by atoms with Crippen molar-refractivity contribution >= 4 is 39.4 Å². The molecule has 168 valence electrons. The first-order valence-corrected chi connectivity index (χ1v) is 13.1. The second-order valence-corrected chi connectivity index (χ2v) is 11.4. The van der Waals surface area contributed by atoms with Crippen LogP contribution in [0, 0.1) is 18.8 Å². The van der Waals surface area contributed by atoms with Gasteiger partial charge in [-0.3, -0.25) is 4.79 Å². The van der Waals surface area contributed by atoms with E-state index in [2.05, 4.69) is 12.1 Å². The molecule has 4 rings (SSSR count). The molecule has 9 heteroatoms. The highest BCUT2D eigenvalue weighted by atomic mass is 32.2. The summed E-state index contributed by atoms with van der Waals surface area (Å²) in [5.74, 6) is 1.00. The predicted molar refractivity (Wildman–Crippen MR) is 121 cm³/mol. The van der Waals surface area contributed by atoms with Gasteiger partial charge in [-0.05, 0) is 62.1 Å². The van der Waals surface area contributed by atoms with E-state index < -0.39 is 10.0 Å². The first-order chi connectivity index (χ1) is 14.9. The van der Waals surface area contributed by atoms with Crippen LogP contribution in [0.4, 0.5) is 0 Å². The molecule has 2 aliphatic rings. The molecule has 2 aliphatic heterocycles. The van der Waals surface area contributed by atoms with Crippen LogP contribution in [0.25, 0.3) is 12.2 Å². The summed E-state index contributed by atoms with van der Waals surface area (Å²) in [7, 11) is -3.75. The van der Waals surface area contributed by atoms with Crippen LogP contribution in [0.2, 0.25) is 0 Å². The smallest absolute Gasteiger partial charge is 0.248 e. The average molecular weight is 464 g/mol. The maximum Gasteiger partial charge on any atom is 0.248 e. The summed E-state index contributed by atoms with van der Waals surface area (Å²) in [6, 6.07) is 3.88. The van der Waals surface area contributed by atoms with Crippen LogP contribution in [0.5, 0.6) is 0 Å². The van der Waals surface area contributed by atoms with E-state index in [1.54, 1.807) is 24.3 Å². The molecule has 0 saturated carbocycles. The number of carbonyl (C=O) groups is 1. The van der Waals surface area contributed by atoms with Crippen molar-refractivity contribution in [2.75, 3.05) is 26.2 Å². The first kappa shape index (κ1) is 22.2. The second kappa shape index (κ2) is 9.26. The Hall–Kier alpha value is -1.97. The molecule has 2 fully saturated rings. The Morgan fingerprint density at radius 3 is 2.52 bits per heavy atom. The molecule has 2 aromatic heterocycles. The third-order valence-electron chi connectivity index (χ3n) is 6.27. The third kappa shape index (κ3) is 4.78. The summed E-state index contributed by atoms with van der Waals surface area (Å²) in [5.41, 5.74) is 0.353. The van der Waals surface area contributed by atoms with Gasteiger partial charge in [0.15, 0.2) is 10.7 Å². The summed E-state index contributed by atoms with van der Waals surface area (Å²) in [6.07, 6.45) is 6.69. The molecular formula is C22H29N3O4S2. The van der Waals surface area contributed by atoms with Gasteiger partial charge in [0.1, 0.15) is 5.69 Å². The number of carbonyl (C=O) groups excluding carboxylic acids is 1. The van der Waals surface area contributed by atoms with Crippen LogP contribution in [-0.4, -0.2) is 54.9 Å². The van der Waals surface area contributed by atoms with Gasteiger partial charge in [-0.2, -0.15) is 4.31 Å². The number of nitrogens with zero attached hydrogens (tertiary/aromatic N) is 3. The van der Waals surface area contributed by atoms with Gasteiger partial charge in [-0.25, -0.2) is 8.42 Å². The van der Waals surface area contributed by atoms with Gasteiger partial charge < -0.3 is 9.42 Å². The Morgan fingerprint density at radius 2 is 1.87 bits per heavy atom. The Balaban J connectivity index is 1.44. The monoisotopic (exact) mass is 463 g/mol. The number of amides is 1. The van der Waals surface area contributed by atoms with E-state index in [1.807, 2.05) is 28.5 Å². The van der Waals surface area contributed by atoms with Crippen molar-refractivity contribution in [3.8, 4) is 0 Å². The predicted octanol–water partition coefficient (Wildman–Crippen LogP) is 3.87. The number of sulfonamides is 1. The topological polar surface area (TPSA) is 83.7 Å².